The number of nitrogens with zero attached hydrogens (tertiary/aromatic N) is 3. The highest BCUT2D eigenvalue weighted by molar-refractivity contribution is 6.07. The fraction of sp³-hybridized carbons (Fsp3) is 0.333. The molecule has 1 amide bonds. The molecule has 2 rings (SSSR count). The lowest BCUT2D eigenvalue weighted by Crippen LogP contribution is -2.24. The van der Waals surface area contributed by atoms with Gasteiger partial charge < -0.3 is 15.0 Å². The maximum Gasteiger partial charge on any atom is 0.340 e. The van der Waals surface area contributed by atoms with Crippen LogP contribution in [0.4, 0.5) is 11.5 Å². The molecule has 2 aromatic rings. The molecular formula is C18H22N4O3. The quantitative estimate of drug-likeness (QED) is 0.779. The number of benzene rings is 1. The Morgan fingerprint density at radius 2 is 1.76 bits per heavy atom. The van der Waals surface area contributed by atoms with Gasteiger partial charge in [-0.25, -0.2) is 4.79 Å². The van der Waals surface area contributed by atoms with Crippen molar-refractivity contribution in [2.24, 2.45) is 0 Å². The van der Waals surface area contributed by atoms with E-state index in [-0.39, 0.29) is 12.3 Å². The maximum atomic E-state index is 12.4. The zero-order valence-corrected chi connectivity index (χ0v) is 14.7. The van der Waals surface area contributed by atoms with Crippen molar-refractivity contribution in [2.75, 3.05) is 29.9 Å². The first kappa shape index (κ1) is 18.4. The van der Waals surface area contributed by atoms with E-state index in [9.17, 15) is 9.59 Å². The Balaban J connectivity index is 2.16. The Labute approximate surface area is 147 Å². The number of amides is 1. The van der Waals surface area contributed by atoms with Crippen molar-refractivity contribution in [1.29, 1.82) is 0 Å². The fourth-order valence-corrected chi connectivity index (χ4v) is 2.33. The molecule has 1 aromatic heterocycles. The number of carbonyl (C=O) groups excluding carboxylic acids is 2. The number of hydrogen-bond acceptors (Lipinski definition) is 6. The second kappa shape index (κ2) is 8.77. The first-order valence-electron chi connectivity index (χ1n) is 8.26. The number of aromatic nitrogens is 2. The second-order valence-corrected chi connectivity index (χ2v) is 5.17. The highest BCUT2D eigenvalue weighted by atomic mass is 16.5. The summed E-state index contributed by atoms with van der Waals surface area (Å²) >= 11 is 0. The summed E-state index contributed by atoms with van der Waals surface area (Å²) < 4.78 is 5.00. The van der Waals surface area contributed by atoms with Gasteiger partial charge in [-0.15, -0.1) is 10.2 Å². The van der Waals surface area contributed by atoms with Crippen molar-refractivity contribution >= 4 is 23.4 Å². The molecule has 0 aliphatic carbocycles. The van der Waals surface area contributed by atoms with Crippen LogP contribution in [0.1, 0.15) is 41.6 Å². The number of esters is 1. The topological polar surface area (TPSA) is 84.4 Å². The summed E-state index contributed by atoms with van der Waals surface area (Å²) in [7, 11) is 0. The van der Waals surface area contributed by atoms with Gasteiger partial charge >= 0.3 is 5.97 Å². The van der Waals surface area contributed by atoms with Crippen LogP contribution in [0.2, 0.25) is 0 Å². The summed E-state index contributed by atoms with van der Waals surface area (Å²) in [5.74, 6) is -0.204. The molecule has 0 fully saturated rings. The van der Waals surface area contributed by atoms with Crippen LogP contribution in [0.15, 0.2) is 36.4 Å². The van der Waals surface area contributed by atoms with Gasteiger partial charge in [0.05, 0.1) is 17.9 Å². The third-order valence-electron chi connectivity index (χ3n) is 3.64. The summed E-state index contributed by atoms with van der Waals surface area (Å²) in [5, 5.41) is 10.8. The number of rotatable bonds is 7. The smallest absolute Gasteiger partial charge is 0.340 e. The number of nitrogens with one attached hydrogen (secondary N) is 1. The normalized spacial score (nSPS) is 10.2. The molecule has 0 saturated carbocycles. The van der Waals surface area contributed by atoms with E-state index >= 15 is 0 Å². The molecule has 0 atom stereocenters. The molecule has 0 radical (unpaired) electrons. The van der Waals surface area contributed by atoms with Crippen molar-refractivity contribution in [1.82, 2.24) is 10.2 Å². The van der Waals surface area contributed by atoms with Gasteiger partial charge in [-0.3, -0.25) is 4.79 Å². The van der Waals surface area contributed by atoms with Gasteiger partial charge in [-0.05, 0) is 45.0 Å². The Morgan fingerprint density at radius 3 is 2.36 bits per heavy atom. The van der Waals surface area contributed by atoms with Crippen LogP contribution in [0, 0.1) is 0 Å². The van der Waals surface area contributed by atoms with E-state index in [1.165, 1.54) is 0 Å². The largest absolute Gasteiger partial charge is 0.462 e. The second-order valence-electron chi connectivity index (χ2n) is 5.17. The van der Waals surface area contributed by atoms with Crippen molar-refractivity contribution in [3.63, 3.8) is 0 Å². The minimum absolute atomic E-state index is 0.176. The molecule has 25 heavy (non-hydrogen) atoms. The minimum Gasteiger partial charge on any atom is -0.462 e. The van der Waals surface area contributed by atoms with E-state index in [0.717, 1.165) is 13.1 Å². The molecule has 0 spiro atoms. The van der Waals surface area contributed by atoms with Gasteiger partial charge in [-0.1, -0.05) is 12.1 Å². The Kier molecular flexibility index (Phi) is 6.45. The number of anilines is 2. The summed E-state index contributed by atoms with van der Waals surface area (Å²) in [6.07, 6.45) is 0. The Morgan fingerprint density at radius 1 is 1.04 bits per heavy atom. The third-order valence-corrected chi connectivity index (χ3v) is 3.64. The van der Waals surface area contributed by atoms with Crippen molar-refractivity contribution in [2.45, 2.75) is 20.8 Å². The van der Waals surface area contributed by atoms with Gasteiger partial charge in [0.15, 0.2) is 11.5 Å². The predicted molar refractivity (Wildman–Crippen MR) is 95.9 cm³/mol. The zero-order chi connectivity index (χ0) is 18.2. The summed E-state index contributed by atoms with van der Waals surface area (Å²) in [5.41, 5.74) is 0.848. The van der Waals surface area contributed by atoms with E-state index in [1.54, 1.807) is 43.3 Å². The monoisotopic (exact) mass is 342 g/mol. The van der Waals surface area contributed by atoms with Gasteiger partial charge in [0.25, 0.3) is 5.91 Å². The van der Waals surface area contributed by atoms with Crippen LogP contribution in [-0.2, 0) is 4.74 Å². The van der Waals surface area contributed by atoms with Crippen LogP contribution in [0.25, 0.3) is 0 Å². The highest BCUT2D eigenvalue weighted by Gasteiger charge is 2.16. The number of para-hydroxylation sites is 1. The summed E-state index contributed by atoms with van der Waals surface area (Å²) in [6, 6.07) is 10.0. The molecule has 0 aliphatic heterocycles. The van der Waals surface area contributed by atoms with E-state index in [4.69, 9.17) is 4.74 Å². The fourth-order valence-electron chi connectivity index (χ4n) is 2.33. The van der Waals surface area contributed by atoms with Crippen molar-refractivity contribution < 1.29 is 14.3 Å². The molecule has 0 aliphatic rings. The average Bonchev–Trinajstić information content (AvgIpc) is 2.64. The molecule has 1 N–H and O–H groups in total. The number of hydrogen-bond donors (Lipinski definition) is 1. The third kappa shape index (κ3) is 4.53. The van der Waals surface area contributed by atoms with Crippen molar-refractivity contribution in [3.8, 4) is 0 Å². The lowest BCUT2D eigenvalue weighted by molar-refractivity contribution is 0.0527. The summed E-state index contributed by atoms with van der Waals surface area (Å²) in [4.78, 5) is 26.4. The lowest BCUT2D eigenvalue weighted by Gasteiger charge is -2.18. The molecule has 1 heterocycles. The number of ether oxygens (including phenoxy) is 1. The van der Waals surface area contributed by atoms with Crippen LogP contribution in [0.5, 0.6) is 0 Å². The highest BCUT2D eigenvalue weighted by Crippen LogP contribution is 2.17. The zero-order valence-electron chi connectivity index (χ0n) is 14.7. The van der Waals surface area contributed by atoms with Gasteiger partial charge in [-0.2, -0.15) is 0 Å². The molecule has 0 saturated heterocycles. The van der Waals surface area contributed by atoms with E-state index in [0.29, 0.717) is 17.1 Å². The van der Waals surface area contributed by atoms with E-state index in [2.05, 4.69) is 15.5 Å². The summed E-state index contributed by atoms with van der Waals surface area (Å²) in [6.45, 7) is 7.66. The van der Waals surface area contributed by atoms with Crippen LogP contribution < -0.4 is 10.2 Å². The van der Waals surface area contributed by atoms with Crippen LogP contribution >= 0.6 is 0 Å². The first-order chi connectivity index (χ1) is 12.1. The molecule has 0 bridgehead atoms. The molecular weight excluding hydrogens is 320 g/mol. The van der Waals surface area contributed by atoms with Crippen LogP contribution in [0.3, 0.4) is 0 Å². The van der Waals surface area contributed by atoms with E-state index < -0.39 is 11.9 Å². The molecule has 0 unspecified atom stereocenters. The molecule has 7 nitrogen and oxygen atoms in total. The maximum absolute atomic E-state index is 12.4. The molecule has 7 heteroatoms. The average molecular weight is 342 g/mol. The van der Waals surface area contributed by atoms with Gasteiger partial charge in [0, 0.05) is 13.1 Å². The first-order valence-corrected chi connectivity index (χ1v) is 8.26. The van der Waals surface area contributed by atoms with E-state index in [1.807, 2.05) is 18.7 Å². The standard InChI is InChI=1S/C18H22N4O3/c1-4-22(5-2)16-12-11-15(20-21-16)17(23)19-14-10-8-7-9-13(14)18(24)25-6-3/h7-12H,4-6H2,1-3H3,(H,19,23). The van der Waals surface area contributed by atoms with Gasteiger partial charge in [0.1, 0.15) is 0 Å². The SMILES string of the molecule is CCOC(=O)c1ccccc1NC(=O)c1ccc(N(CC)CC)nn1. The predicted octanol–water partition coefficient (Wildman–Crippen LogP) is 2.75. The Hall–Kier alpha value is -2.96. The number of carbonyl (C=O) groups is 2. The molecule has 1 aromatic carbocycles. The van der Waals surface area contributed by atoms with Gasteiger partial charge in [0.2, 0.25) is 0 Å². The van der Waals surface area contributed by atoms with Crippen molar-refractivity contribution in [3.05, 3.63) is 47.7 Å². The Bertz CT molecular complexity index is 727. The minimum atomic E-state index is -0.485. The molecule has 132 valence electrons. The van der Waals surface area contributed by atoms with Crippen LogP contribution in [-0.4, -0.2) is 41.8 Å². The lowest BCUT2D eigenvalue weighted by atomic mass is 10.1.